The number of halogens is 3. The van der Waals surface area contributed by atoms with Crippen LogP contribution in [0, 0.1) is 0 Å². The van der Waals surface area contributed by atoms with Crippen LogP contribution in [0.25, 0.3) is 11.1 Å². The first-order valence-electron chi connectivity index (χ1n) is 9.62. The first-order valence-corrected chi connectivity index (χ1v) is 9.62. The number of rotatable bonds is 7. The third kappa shape index (κ3) is 5.70. The van der Waals surface area contributed by atoms with Crippen molar-refractivity contribution in [2.24, 2.45) is 5.73 Å². The maximum absolute atomic E-state index is 13.1. The highest BCUT2D eigenvalue weighted by atomic mass is 19.4. The summed E-state index contributed by atoms with van der Waals surface area (Å²) in [6.07, 6.45) is -3.10. The van der Waals surface area contributed by atoms with Crippen LogP contribution in [0.15, 0.2) is 54.7 Å². The normalized spacial score (nSPS) is 11.1. The van der Waals surface area contributed by atoms with Crippen LogP contribution in [-0.4, -0.2) is 28.0 Å². The Bertz CT molecular complexity index is 1190. The summed E-state index contributed by atoms with van der Waals surface area (Å²) < 4.78 is 39.3. The minimum absolute atomic E-state index is 0.109. The van der Waals surface area contributed by atoms with Crippen LogP contribution in [0.2, 0.25) is 0 Å². The molecule has 0 spiro atoms. The Labute approximate surface area is 185 Å². The number of aromatic nitrogens is 1. The number of aryl methyl sites for hydroxylation is 1. The highest BCUT2D eigenvalue weighted by Crippen LogP contribution is 2.34. The van der Waals surface area contributed by atoms with Gasteiger partial charge in [0, 0.05) is 23.9 Å². The maximum Gasteiger partial charge on any atom is 0.418 e. The summed E-state index contributed by atoms with van der Waals surface area (Å²) in [7, 11) is 0. The van der Waals surface area contributed by atoms with E-state index >= 15 is 0 Å². The summed E-state index contributed by atoms with van der Waals surface area (Å²) in [5.41, 5.74) is 5.99. The number of anilines is 2. The van der Waals surface area contributed by atoms with E-state index in [1.54, 1.807) is 12.1 Å². The van der Waals surface area contributed by atoms with Crippen LogP contribution in [0.4, 0.5) is 29.3 Å². The number of carboxylic acids is 1. The molecule has 3 aromatic rings. The number of H-pyrrole nitrogens is 1. The molecule has 1 heterocycles. The van der Waals surface area contributed by atoms with E-state index in [4.69, 9.17) is 10.8 Å². The van der Waals surface area contributed by atoms with E-state index < -0.39 is 29.6 Å². The van der Waals surface area contributed by atoms with E-state index in [-0.39, 0.29) is 29.9 Å². The summed E-state index contributed by atoms with van der Waals surface area (Å²) in [4.78, 5) is 37.6. The van der Waals surface area contributed by atoms with E-state index in [1.165, 1.54) is 30.5 Å². The number of carboxylic acid groups (broad SMARTS) is 1. The summed E-state index contributed by atoms with van der Waals surface area (Å²) in [5.74, 6) is -1.73. The van der Waals surface area contributed by atoms with Gasteiger partial charge in [0.2, 0.25) is 0 Å². The van der Waals surface area contributed by atoms with Crippen molar-refractivity contribution in [3.8, 4) is 11.1 Å². The molecule has 0 unspecified atom stereocenters. The number of carbonyl (C=O) groups excluding carboxylic acids is 2. The van der Waals surface area contributed by atoms with Crippen molar-refractivity contribution in [3.63, 3.8) is 0 Å². The number of benzene rings is 2. The number of urea groups is 1. The molecule has 8 nitrogen and oxygen atoms in total. The minimum atomic E-state index is -4.63. The monoisotopic (exact) mass is 460 g/mol. The number of amides is 3. The molecule has 1 aromatic heterocycles. The van der Waals surface area contributed by atoms with Crippen molar-refractivity contribution >= 4 is 29.3 Å². The van der Waals surface area contributed by atoms with Crippen LogP contribution in [0.3, 0.4) is 0 Å². The molecule has 0 aliphatic rings. The van der Waals surface area contributed by atoms with Gasteiger partial charge in [-0.3, -0.25) is 9.59 Å². The molecule has 0 fully saturated rings. The fourth-order valence-electron chi connectivity index (χ4n) is 3.27. The molecule has 0 saturated heterocycles. The molecule has 0 bridgehead atoms. The van der Waals surface area contributed by atoms with Crippen molar-refractivity contribution < 1.29 is 32.7 Å². The number of alkyl halides is 3. The van der Waals surface area contributed by atoms with E-state index in [1.807, 2.05) is 0 Å². The highest BCUT2D eigenvalue weighted by molar-refractivity contribution is 6.01. The Morgan fingerprint density at radius 1 is 1.00 bits per heavy atom. The molecular formula is C22H19F3N4O4. The smallest absolute Gasteiger partial charge is 0.418 e. The molecule has 0 saturated carbocycles. The topological polar surface area (TPSA) is 137 Å². The fourth-order valence-corrected chi connectivity index (χ4v) is 3.27. The van der Waals surface area contributed by atoms with Crippen LogP contribution in [0.5, 0.6) is 0 Å². The molecule has 6 N–H and O–H groups in total. The second-order valence-electron chi connectivity index (χ2n) is 7.02. The van der Waals surface area contributed by atoms with Gasteiger partial charge < -0.3 is 26.5 Å². The molecule has 0 aliphatic heterocycles. The molecule has 172 valence electrons. The largest absolute Gasteiger partial charge is 0.481 e. The lowest BCUT2D eigenvalue weighted by Gasteiger charge is -2.14. The highest BCUT2D eigenvalue weighted by Gasteiger charge is 2.33. The SMILES string of the molecule is NC(=O)c1[nH]cc(CCC(=O)O)c1-c1ccc(NC(=O)Nc2ccccc2C(F)(F)F)cc1. The number of hydrogen-bond donors (Lipinski definition) is 5. The zero-order valence-electron chi connectivity index (χ0n) is 17.0. The van der Waals surface area contributed by atoms with Crippen molar-refractivity contribution in [1.82, 2.24) is 4.98 Å². The zero-order valence-corrected chi connectivity index (χ0v) is 17.0. The van der Waals surface area contributed by atoms with Gasteiger partial charge in [-0.1, -0.05) is 24.3 Å². The van der Waals surface area contributed by atoms with E-state index in [2.05, 4.69) is 15.6 Å². The van der Waals surface area contributed by atoms with Gasteiger partial charge in [0.05, 0.1) is 11.3 Å². The third-order valence-electron chi connectivity index (χ3n) is 4.73. The van der Waals surface area contributed by atoms with Crippen molar-refractivity contribution in [1.29, 1.82) is 0 Å². The fraction of sp³-hybridized carbons (Fsp3) is 0.136. The van der Waals surface area contributed by atoms with Crippen molar-refractivity contribution in [2.45, 2.75) is 19.0 Å². The van der Waals surface area contributed by atoms with E-state index in [9.17, 15) is 27.6 Å². The van der Waals surface area contributed by atoms with Crippen LogP contribution in [0.1, 0.15) is 28.0 Å². The number of nitrogens with two attached hydrogens (primary N) is 1. The predicted octanol–water partition coefficient (Wildman–Crippen LogP) is 4.46. The van der Waals surface area contributed by atoms with Crippen molar-refractivity contribution in [2.75, 3.05) is 10.6 Å². The molecule has 2 aromatic carbocycles. The van der Waals surface area contributed by atoms with Gasteiger partial charge in [-0.15, -0.1) is 0 Å². The average molecular weight is 460 g/mol. The summed E-state index contributed by atoms with van der Waals surface area (Å²) in [5, 5.41) is 13.5. The van der Waals surface area contributed by atoms with Crippen LogP contribution >= 0.6 is 0 Å². The molecule has 0 aliphatic carbocycles. The summed E-state index contributed by atoms with van der Waals surface area (Å²) in [6, 6.07) is 9.83. The van der Waals surface area contributed by atoms with Gasteiger partial charge in [0.1, 0.15) is 5.69 Å². The Balaban J connectivity index is 1.78. The average Bonchev–Trinajstić information content (AvgIpc) is 3.16. The zero-order chi connectivity index (χ0) is 24.2. The lowest BCUT2D eigenvalue weighted by atomic mass is 9.98. The lowest BCUT2D eigenvalue weighted by Crippen LogP contribution is -2.21. The van der Waals surface area contributed by atoms with Gasteiger partial charge in [-0.2, -0.15) is 13.2 Å². The Morgan fingerprint density at radius 3 is 2.27 bits per heavy atom. The predicted molar refractivity (Wildman–Crippen MR) is 115 cm³/mol. The molecule has 0 radical (unpaired) electrons. The second kappa shape index (κ2) is 9.47. The standard InChI is InChI=1S/C22H19F3N4O4/c23-22(24,25)15-3-1-2-4-16(15)29-21(33)28-14-8-5-12(6-9-14)18-13(7-10-17(30)31)11-27-19(18)20(26)32/h1-6,8-9,11,27H,7,10H2,(H2,26,32)(H,30,31)(H2,28,29,33). The number of carbonyl (C=O) groups is 3. The van der Waals surface area contributed by atoms with E-state index in [0.717, 1.165) is 12.1 Å². The number of para-hydroxylation sites is 1. The van der Waals surface area contributed by atoms with Crippen LogP contribution < -0.4 is 16.4 Å². The number of aromatic amines is 1. The van der Waals surface area contributed by atoms with E-state index in [0.29, 0.717) is 16.7 Å². The molecule has 0 atom stereocenters. The number of nitrogens with one attached hydrogen (secondary N) is 3. The maximum atomic E-state index is 13.1. The van der Waals surface area contributed by atoms with Gasteiger partial charge in [0.25, 0.3) is 5.91 Å². The Morgan fingerprint density at radius 2 is 1.67 bits per heavy atom. The Hall–Kier alpha value is -4.28. The molecule has 3 rings (SSSR count). The third-order valence-corrected chi connectivity index (χ3v) is 4.73. The molecule has 3 amide bonds. The number of hydrogen-bond acceptors (Lipinski definition) is 3. The first kappa shape index (κ1) is 23.4. The number of aliphatic carboxylic acids is 1. The van der Waals surface area contributed by atoms with Gasteiger partial charge in [0.15, 0.2) is 0 Å². The first-order chi connectivity index (χ1) is 15.6. The summed E-state index contributed by atoms with van der Waals surface area (Å²) >= 11 is 0. The van der Waals surface area contributed by atoms with Crippen molar-refractivity contribution in [3.05, 3.63) is 71.5 Å². The quantitative estimate of drug-likeness (QED) is 0.355. The van der Waals surface area contributed by atoms with Crippen LogP contribution in [-0.2, 0) is 17.4 Å². The Kier molecular flexibility index (Phi) is 6.71. The second-order valence-corrected chi connectivity index (χ2v) is 7.02. The summed E-state index contributed by atoms with van der Waals surface area (Å²) in [6.45, 7) is 0. The van der Waals surface area contributed by atoms with Gasteiger partial charge in [-0.05, 0) is 41.8 Å². The molecule has 33 heavy (non-hydrogen) atoms. The van der Waals surface area contributed by atoms with Gasteiger partial charge >= 0.3 is 18.2 Å². The molecule has 11 heteroatoms. The lowest BCUT2D eigenvalue weighted by molar-refractivity contribution is -0.137. The number of primary amides is 1. The minimum Gasteiger partial charge on any atom is -0.481 e. The van der Waals surface area contributed by atoms with Gasteiger partial charge in [-0.25, -0.2) is 4.79 Å². The molecular weight excluding hydrogens is 441 g/mol.